The van der Waals surface area contributed by atoms with Crippen molar-refractivity contribution < 1.29 is 19.8 Å². The van der Waals surface area contributed by atoms with Crippen LogP contribution in [0.4, 0.5) is 0 Å². The van der Waals surface area contributed by atoms with Crippen LogP contribution in [0.2, 0.25) is 0 Å². The zero-order chi connectivity index (χ0) is 14.4. The first-order valence-electron chi connectivity index (χ1n) is 5.98. The Balaban J connectivity index is 2.81. The Morgan fingerprint density at radius 1 is 1.42 bits per heavy atom. The number of carbonyl (C=O) groups is 2. The van der Waals surface area contributed by atoms with E-state index in [1.165, 1.54) is 12.1 Å². The molecule has 0 aliphatic rings. The van der Waals surface area contributed by atoms with Crippen LogP contribution in [0.15, 0.2) is 18.2 Å². The molecule has 5 nitrogen and oxygen atoms in total. The normalized spacial score (nSPS) is 11.9. The van der Waals surface area contributed by atoms with Crippen LogP contribution < -0.4 is 5.32 Å². The minimum Gasteiger partial charge on any atom is -0.507 e. The molecule has 1 aromatic rings. The number of amides is 1. The summed E-state index contributed by atoms with van der Waals surface area (Å²) in [4.78, 5) is 23.0. The second kappa shape index (κ2) is 7.32. The summed E-state index contributed by atoms with van der Waals surface area (Å²) >= 11 is 2.02. The Kier molecular flexibility index (Phi) is 6.07. The van der Waals surface area contributed by atoms with Crippen LogP contribution in [-0.4, -0.2) is 28.1 Å². The van der Waals surface area contributed by atoms with Crippen molar-refractivity contribution in [3.63, 3.8) is 0 Å². The van der Waals surface area contributed by atoms with Crippen LogP contribution in [0.5, 0.6) is 5.75 Å². The molecule has 1 atom stereocenters. The average Bonchev–Trinajstić information content (AvgIpc) is 2.36. The van der Waals surface area contributed by atoms with Gasteiger partial charge in [-0.05, 0) is 47.2 Å². The molecule has 0 saturated heterocycles. The number of carboxylic acids is 1. The third-order valence-electron chi connectivity index (χ3n) is 2.65. The van der Waals surface area contributed by atoms with Gasteiger partial charge in [0.05, 0.1) is 5.56 Å². The van der Waals surface area contributed by atoms with Gasteiger partial charge in [0, 0.05) is 3.57 Å². The zero-order valence-corrected chi connectivity index (χ0v) is 12.7. The number of hydrogen-bond acceptors (Lipinski definition) is 3. The molecular formula is C13H16INO4. The Hall–Kier alpha value is -1.31. The van der Waals surface area contributed by atoms with Gasteiger partial charge in [-0.2, -0.15) is 0 Å². The molecule has 0 aliphatic carbocycles. The summed E-state index contributed by atoms with van der Waals surface area (Å²) in [6, 6.07) is 3.67. The van der Waals surface area contributed by atoms with E-state index in [2.05, 4.69) is 5.32 Å². The van der Waals surface area contributed by atoms with Crippen molar-refractivity contribution in [3.05, 3.63) is 27.3 Å². The van der Waals surface area contributed by atoms with E-state index in [1.807, 2.05) is 29.5 Å². The number of aliphatic carboxylic acids is 1. The second-order valence-corrected chi connectivity index (χ2v) is 5.41. The van der Waals surface area contributed by atoms with Crippen molar-refractivity contribution in [1.29, 1.82) is 0 Å². The molecule has 3 N–H and O–H groups in total. The predicted molar refractivity (Wildman–Crippen MR) is 79.2 cm³/mol. The Morgan fingerprint density at radius 2 is 2.11 bits per heavy atom. The molecule has 0 bridgehead atoms. The smallest absolute Gasteiger partial charge is 0.326 e. The number of carboxylic acid groups (broad SMARTS) is 1. The van der Waals surface area contributed by atoms with Crippen molar-refractivity contribution in [2.45, 2.75) is 32.2 Å². The molecular weight excluding hydrogens is 361 g/mol. The fourth-order valence-electron chi connectivity index (χ4n) is 1.59. The van der Waals surface area contributed by atoms with Crippen molar-refractivity contribution >= 4 is 34.5 Å². The number of carbonyl (C=O) groups excluding carboxylic acids is 1. The zero-order valence-electron chi connectivity index (χ0n) is 10.5. The Morgan fingerprint density at radius 3 is 2.68 bits per heavy atom. The highest BCUT2D eigenvalue weighted by Crippen LogP contribution is 2.19. The quantitative estimate of drug-likeness (QED) is 0.665. The summed E-state index contributed by atoms with van der Waals surface area (Å²) in [7, 11) is 0. The summed E-state index contributed by atoms with van der Waals surface area (Å²) in [5, 5.41) is 21.1. The summed E-state index contributed by atoms with van der Waals surface area (Å²) in [5.41, 5.74) is 0.0923. The van der Waals surface area contributed by atoms with Gasteiger partial charge in [0.15, 0.2) is 0 Å². The standard InChI is InChI=1S/C13H16INO4/c1-2-3-4-10(13(18)19)15-12(17)9-7-8(14)5-6-11(9)16/h5-7,10,16H,2-4H2,1H3,(H,15,17)(H,18,19). The van der Waals surface area contributed by atoms with Crippen LogP contribution in [0.25, 0.3) is 0 Å². The molecule has 0 heterocycles. The SMILES string of the molecule is CCCCC(NC(=O)c1cc(I)ccc1O)C(=O)O. The summed E-state index contributed by atoms with van der Waals surface area (Å²) in [6.07, 6.45) is 1.95. The summed E-state index contributed by atoms with van der Waals surface area (Å²) in [6.45, 7) is 1.95. The van der Waals surface area contributed by atoms with E-state index in [4.69, 9.17) is 5.11 Å². The topological polar surface area (TPSA) is 86.6 Å². The van der Waals surface area contributed by atoms with Crippen LogP contribution in [0.1, 0.15) is 36.5 Å². The number of rotatable bonds is 6. The highest BCUT2D eigenvalue weighted by Gasteiger charge is 2.21. The molecule has 0 fully saturated rings. The first-order valence-corrected chi connectivity index (χ1v) is 7.05. The maximum atomic E-state index is 12.0. The van der Waals surface area contributed by atoms with E-state index in [9.17, 15) is 14.7 Å². The lowest BCUT2D eigenvalue weighted by Crippen LogP contribution is -2.40. The Labute approximate surface area is 125 Å². The number of phenols is 1. The molecule has 0 aliphatic heterocycles. The maximum Gasteiger partial charge on any atom is 0.326 e. The van der Waals surface area contributed by atoms with Crippen LogP contribution in [-0.2, 0) is 4.79 Å². The molecule has 0 spiro atoms. The van der Waals surface area contributed by atoms with Gasteiger partial charge in [-0.1, -0.05) is 19.8 Å². The lowest BCUT2D eigenvalue weighted by molar-refractivity contribution is -0.139. The number of phenolic OH excluding ortho intramolecular Hbond substituents is 1. The summed E-state index contributed by atoms with van der Waals surface area (Å²) in [5.74, 6) is -1.79. The first kappa shape index (κ1) is 15.7. The van der Waals surface area contributed by atoms with Gasteiger partial charge in [0.2, 0.25) is 0 Å². The van der Waals surface area contributed by atoms with Gasteiger partial charge >= 0.3 is 5.97 Å². The van der Waals surface area contributed by atoms with Crippen LogP contribution >= 0.6 is 22.6 Å². The highest BCUT2D eigenvalue weighted by atomic mass is 127. The van der Waals surface area contributed by atoms with Gasteiger partial charge in [0.25, 0.3) is 5.91 Å². The molecule has 0 radical (unpaired) electrons. The Bertz CT molecular complexity index is 476. The van der Waals surface area contributed by atoms with E-state index >= 15 is 0 Å². The number of unbranched alkanes of at least 4 members (excludes halogenated alkanes) is 1. The second-order valence-electron chi connectivity index (χ2n) is 4.17. The first-order chi connectivity index (χ1) is 8.95. The molecule has 1 amide bonds. The molecule has 0 aromatic heterocycles. The fourth-order valence-corrected chi connectivity index (χ4v) is 2.08. The predicted octanol–water partition coefficient (Wildman–Crippen LogP) is 2.37. The van der Waals surface area contributed by atoms with E-state index in [0.717, 1.165) is 16.4 Å². The van der Waals surface area contributed by atoms with Crippen molar-refractivity contribution in [3.8, 4) is 5.75 Å². The number of halogens is 1. The number of hydrogen-bond donors (Lipinski definition) is 3. The van der Waals surface area contributed by atoms with Crippen LogP contribution in [0, 0.1) is 3.57 Å². The van der Waals surface area contributed by atoms with E-state index < -0.39 is 17.9 Å². The van der Waals surface area contributed by atoms with Gasteiger partial charge in [0.1, 0.15) is 11.8 Å². The molecule has 0 saturated carbocycles. The van der Waals surface area contributed by atoms with Crippen LogP contribution in [0.3, 0.4) is 0 Å². The van der Waals surface area contributed by atoms with E-state index in [1.54, 1.807) is 6.07 Å². The fraction of sp³-hybridized carbons (Fsp3) is 0.385. The molecule has 6 heteroatoms. The molecule has 1 rings (SSSR count). The lowest BCUT2D eigenvalue weighted by Gasteiger charge is -2.14. The third-order valence-corrected chi connectivity index (χ3v) is 3.32. The molecule has 1 unspecified atom stereocenters. The number of nitrogens with one attached hydrogen (secondary N) is 1. The lowest BCUT2D eigenvalue weighted by atomic mass is 10.1. The van der Waals surface area contributed by atoms with E-state index in [0.29, 0.717) is 6.42 Å². The molecule has 1 aromatic carbocycles. The third kappa shape index (κ3) is 4.70. The number of aromatic hydroxyl groups is 1. The minimum absolute atomic E-state index is 0.0923. The van der Waals surface area contributed by atoms with Crippen molar-refractivity contribution in [2.75, 3.05) is 0 Å². The molecule has 104 valence electrons. The largest absolute Gasteiger partial charge is 0.507 e. The van der Waals surface area contributed by atoms with Gasteiger partial charge < -0.3 is 15.5 Å². The van der Waals surface area contributed by atoms with E-state index in [-0.39, 0.29) is 11.3 Å². The average molecular weight is 377 g/mol. The van der Waals surface area contributed by atoms with Gasteiger partial charge in [-0.15, -0.1) is 0 Å². The number of benzene rings is 1. The monoisotopic (exact) mass is 377 g/mol. The molecule has 19 heavy (non-hydrogen) atoms. The minimum atomic E-state index is -1.06. The highest BCUT2D eigenvalue weighted by molar-refractivity contribution is 14.1. The van der Waals surface area contributed by atoms with Crippen molar-refractivity contribution in [1.82, 2.24) is 5.32 Å². The summed E-state index contributed by atoms with van der Waals surface area (Å²) < 4.78 is 0.793. The maximum absolute atomic E-state index is 12.0. The van der Waals surface area contributed by atoms with Gasteiger partial charge in [-0.25, -0.2) is 4.79 Å². The van der Waals surface area contributed by atoms with Gasteiger partial charge in [-0.3, -0.25) is 4.79 Å². The van der Waals surface area contributed by atoms with Crippen molar-refractivity contribution in [2.24, 2.45) is 0 Å².